The summed E-state index contributed by atoms with van der Waals surface area (Å²) in [6.45, 7) is 2.25. The van der Waals surface area contributed by atoms with E-state index in [0.29, 0.717) is 6.04 Å². The van der Waals surface area contributed by atoms with E-state index in [0.717, 1.165) is 6.54 Å². The molecule has 15 heavy (non-hydrogen) atoms. The number of aliphatic imine (C=N–C) groups is 1. The van der Waals surface area contributed by atoms with E-state index >= 15 is 0 Å². The standard InChI is InChI=1S/C11H12N2S.ClH/c1-2-4-9(5-3-1)10-8-13-6-7-14-11(13)12-10;/h1-5,10H,6-8H2;1H/p-1/t10-;/m1./s1. The fourth-order valence-corrected chi connectivity index (χ4v) is 3.00. The topological polar surface area (TPSA) is 15.6 Å². The van der Waals surface area contributed by atoms with Gasteiger partial charge >= 0.3 is 0 Å². The molecule has 4 heteroatoms. The molecule has 0 N–H and O–H groups in total. The minimum Gasteiger partial charge on any atom is -1.00 e. The predicted molar refractivity (Wildman–Crippen MR) is 60.6 cm³/mol. The highest BCUT2D eigenvalue weighted by atomic mass is 35.5. The van der Waals surface area contributed by atoms with Crippen LogP contribution in [0.4, 0.5) is 0 Å². The predicted octanol–water partition coefficient (Wildman–Crippen LogP) is -0.850. The van der Waals surface area contributed by atoms with Crippen LogP contribution in [0.5, 0.6) is 0 Å². The molecular weight excluding hydrogens is 228 g/mol. The van der Waals surface area contributed by atoms with Crippen LogP contribution in [0.25, 0.3) is 0 Å². The Balaban J connectivity index is 0.000000853. The monoisotopic (exact) mass is 239 g/mol. The van der Waals surface area contributed by atoms with Gasteiger partial charge in [0.2, 0.25) is 0 Å². The fourth-order valence-electron chi connectivity index (χ4n) is 1.96. The van der Waals surface area contributed by atoms with Gasteiger partial charge in [0, 0.05) is 18.8 Å². The third-order valence-electron chi connectivity index (χ3n) is 2.71. The van der Waals surface area contributed by atoms with Crippen molar-refractivity contribution in [2.45, 2.75) is 6.04 Å². The van der Waals surface area contributed by atoms with Crippen LogP contribution in [0, 0.1) is 0 Å². The van der Waals surface area contributed by atoms with Gasteiger partial charge in [-0.05, 0) is 5.56 Å². The number of fused-ring (bicyclic) bond motifs is 1. The lowest BCUT2D eigenvalue weighted by molar-refractivity contribution is -0.00000273. The van der Waals surface area contributed by atoms with E-state index in [1.54, 1.807) is 0 Å². The quantitative estimate of drug-likeness (QED) is 0.635. The highest BCUT2D eigenvalue weighted by molar-refractivity contribution is 8.14. The molecule has 2 aliphatic rings. The second-order valence-electron chi connectivity index (χ2n) is 3.63. The lowest BCUT2D eigenvalue weighted by Gasteiger charge is -2.12. The molecule has 0 amide bonds. The van der Waals surface area contributed by atoms with Gasteiger partial charge in [-0.3, -0.25) is 4.99 Å². The summed E-state index contributed by atoms with van der Waals surface area (Å²) < 4.78 is 0. The molecule has 1 aromatic carbocycles. The van der Waals surface area contributed by atoms with E-state index in [9.17, 15) is 0 Å². The molecule has 1 aromatic rings. The Morgan fingerprint density at radius 1 is 1.27 bits per heavy atom. The van der Waals surface area contributed by atoms with Crippen LogP contribution < -0.4 is 12.4 Å². The molecule has 0 aromatic heterocycles. The third kappa shape index (κ3) is 1.99. The Morgan fingerprint density at radius 2 is 2.07 bits per heavy atom. The number of rotatable bonds is 1. The minimum atomic E-state index is 0. The molecule has 0 saturated carbocycles. The van der Waals surface area contributed by atoms with E-state index in [2.05, 4.69) is 35.2 Å². The van der Waals surface area contributed by atoms with Gasteiger partial charge in [-0.15, -0.1) is 0 Å². The summed E-state index contributed by atoms with van der Waals surface area (Å²) in [6.07, 6.45) is 0. The highest BCUT2D eigenvalue weighted by Crippen LogP contribution is 2.31. The van der Waals surface area contributed by atoms with Crippen molar-refractivity contribution >= 4 is 16.9 Å². The molecule has 1 atom stereocenters. The molecule has 1 fully saturated rings. The van der Waals surface area contributed by atoms with Crippen LogP contribution in [0.15, 0.2) is 35.3 Å². The second kappa shape index (κ2) is 4.45. The van der Waals surface area contributed by atoms with Crippen LogP contribution in [0.3, 0.4) is 0 Å². The second-order valence-corrected chi connectivity index (χ2v) is 4.69. The zero-order chi connectivity index (χ0) is 9.38. The number of benzene rings is 1. The van der Waals surface area contributed by atoms with Crippen molar-refractivity contribution in [1.29, 1.82) is 0 Å². The molecule has 1 saturated heterocycles. The summed E-state index contributed by atoms with van der Waals surface area (Å²) in [5, 5.41) is 1.25. The van der Waals surface area contributed by atoms with E-state index in [4.69, 9.17) is 4.99 Å². The van der Waals surface area contributed by atoms with E-state index < -0.39 is 0 Å². The first-order valence-electron chi connectivity index (χ1n) is 4.94. The van der Waals surface area contributed by atoms with Gasteiger partial charge in [-0.2, -0.15) is 0 Å². The first-order valence-corrected chi connectivity index (χ1v) is 5.92. The molecule has 80 valence electrons. The number of thioether (sulfide) groups is 1. The van der Waals surface area contributed by atoms with Crippen LogP contribution >= 0.6 is 11.8 Å². The summed E-state index contributed by atoms with van der Waals surface area (Å²) in [4.78, 5) is 7.12. The van der Waals surface area contributed by atoms with Crippen LogP contribution in [-0.2, 0) is 0 Å². The smallest absolute Gasteiger partial charge is 0.160 e. The van der Waals surface area contributed by atoms with E-state index in [-0.39, 0.29) is 12.4 Å². The maximum absolute atomic E-state index is 4.73. The molecule has 2 nitrogen and oxygen atoms in total. The zero-order valence-corrected chi connectivity index (χ0v) is 9.84. The van der Waals surface area contributed by atoms with Crippen molar-refractivity contribution in [3.63, 3.8) is 0 Å². The largest absolute Gasteiger partial charge is 1.00 e. The maximum atomic E-state index is 4.73. The van der Waals surface area contributed by atoms with Gasteiger partial charge in [0.1, 0.15) is 0 Å². The van der Waals surface area contributed by atoms with E-state index in [1.807, 2.05) is 11.8 Å². The van der Waals surface area contributed by atoms with Gasteiger partial charge in [-0.25, -0.2) is 0 Å². The molecule has 0 radical (unpaired) electrons. The number of halogens is 1. The van der Waals surface area contributed by atoms with Crippen LogP contribution in [-0.4, -0.2) is 28.9 Å². The summed E-state index contributed by atoms with van der Waals surface area (Å²) in [5.41, 5.74) is 1.34. The summed E-state index contributed by atoms with van der Waals surface area (Å²) in [5.74, 6) is 1.21. The Hall–Kier alpha value is -0.670. The molecule has 3 rings (SSSR count). The maximum Gasteiger partial charge on any atom is 0.160 e. The average Bonchev–Trinajstić information content (AvgIpc) is 2.78. The first-order chi connectivity index (χ1) is 6.93. The normalized spacial score (nSPS) is 23.3. The van der Waals surface area contributed by atoms with Gasteiger partial charge in [0.15, 0.2) is 5.17 Å². The zero-order valence-electron chi connectivity index (χ0n) is 8.27. The Bertz CT molecular complexity index is 366. The van der Waals surface area contributed by atoms with Crippen LogP contribution in [0.2, 0.25) is 0 Å². The summed E-state index contributed by atoms with van der Waals surface area (Å²) in [7, 11) is 0. The van der Waals surface area contributed by atoms with Crippen molar-refractivity contribution in [1.82, 2.24) is 4.90 Å². The molecule has 2 aliphatic heterocycles. The molecule has 0 bridgehead atoms. The summed E-state index contributed by atoms with van der Waals surface area (Å²) >= 11 is 1.89. The number of amidine groups is 1. The van der Waals surface area contributed by atoms with Gasteiger partial charge < -0.3 is 17.3 Å². The number of nitrogens with zero attached hydrogens (tertiary/aromatic N) is 2. The van der Waals surface area contributed by atoms with E-state index in [1.165, 1.54) is 23.0 Å². The van der Waals surface area contributed by atoms with Gasteiger partial charge in [0.25, 0.3) is 0 Å². The Morgan fingerprint density at radius 3 is 2.80 bits per heavy atom. The van der Waals surface area contributed by atoms with Gasteiger partial charge in [0.05, 0.1) is 6.04 Å². The molecule has 0 aliphatic carbocycles. The lowest BCUT2D eigenvalue weighted by Crippen LogP contribution is -3.00. The van der Waals surface area contributed by atoms with Gasteiger partial charge in [-0.1, -0.05) is 42.1 Å². The molecular formula is C11H12ClN2S-. The molecule has 2 heterocycles. The lowest BCUT2D eigenvalue weighted by atomic mass is 10.1. The van der Waals surface area contributed by atoms with Crippen molar-refractivity contribution in [2.75, 3.05) is 18.8 Å². The third-order valence-corrected chi connectivity index (χ3v) is 3.72. The molecule has 0 spiro atoms. The Labute approximate surface area is 100 Å². The first kappa shape index (κ1) is 10.8. The van der Waals surface area contributed by atoms with Crippen LogP contribution in [0.1, 0.15) is 11.6 Å². The van der Waals surface area contributed by atoms with Crippen molar-refractivity contribution in [3.8, 4) is 0 Å². The van der Waals surface area contributed by atoms with Crippen molar-refractivity contribution in [3.05, 3.63) is 35.9 Å². The highest BCUT2D eigenvalue weighted by Gasteiger charge is 2.29. The SMILES string of the molecule is [Cl-].c1ccc([C@H]2CN3CCSC3=N2)cc1. The fraction of sp³-hybridized carbons (Fsp3) is 0.364. The summed E-state index contributed by atoms with van der Waals surface area (Å²) in [6, 6.07) is 10.9. The minimum absolute atomic E-state index is 0. The molecule has 0 unspecified atom stereocenters. The number of hydrogen-bond acceptors (Lipinski definition) is 3. The Kier molecular flexibility index (Phi) is 3.22. The average molecular weight is 240 g/mol. The van der Waals surface area contributed by atoms with Crippen molar-refractivity contribution < 1.29 is 12.4 Å². The van der Waals surface area contributed by atoms with Crippen molar-refractivity contribution in [2.24, 2.45) is 4.99 Å². The number of hydrogen-bond donors (Lipinski definition) is 0.